The summed E-state index contributed by atoms with van der Waals surface area (Å²) in [6.45, 7) is 2.63. The largest absolute Gasteiger partial charge is 0.497 e. The van der Waals surface area contributed by atoms with Crippen LogP contribution in [-0.4, -0.2) is 14.2 Å². The molecular formula is C17H20BrNO2. The van der Waals surface area contributed by atoms with Gasteiger partial charge in [-0.3, -0.25) is 0 Å². The molecule has 0 heterocycles. The molecular weight excluding hydrogens is 330 g/mol. The molecule has 0 saturated carbocycles. The number of nitrogens with one attached hydrogen (secondary N) is 1. The van der Waals surface area contributed by atoms with Gasteiger partial charge in [0.1, 0.15) is 18.1 Å². The lowest BCUT2D eigenvalue weighted by Crippen LogP contribution is -2.13. The Morgan fingerprint density at radius 3 is 2.67 bits per heavy atom. The van der Waals surface area contributed by atoms with Crippen molar-refractivity contribution in [3.8, 4) is 11.5 Å². The summed E-state index contributed by atoms with van der Waals surface area (Å²) in [7, 11) is 3.60. The van der Waals surface area contributed by atoms with Gasteiger partial charge < -0.3 is 14.8 Å². The van der Waals surface area contributed by atoms with Gasteiger partial charge in [-0.2, -0.15) is 0 Å². The maximum Gasteiger partial charge on any atom is 0.128 e. The molecule has 0 spiro atoms. The summed E-state index contributed by atoms with van der Waals surface area (Å²) >= 11 is 3.47. The van der Waals surface area contributed by atoms with Gasteiger partial charge in [0.2, 0.25) is 0 Å². The van der Waals surface area contributed by atoms with Crippen LogP contribution in [0.15, 0.2) is 46.9 Å². The van der Waals surface area contributed by atoms with Crippen molar-refractivity contribution in [2.45, 2.75) is 19.6 Å². The third-order valence-corrected chi connectivity index (χ3v) is 3.90. The Morgan fingerprint density at radius 2 is 2.00 bits per heavy atom. The molecule has 1 unspecified atom stereocenters. The predicted molar refractivity (Wildman–Crippen MR) is 88.9 cm³/mol. The Kier molecular flexibility index (Phi) is 5.65. The van der Waals surface area contributed by atoms with Crippen LogP contribution in [0.5, 0.6) is 11.5 Å². The molecule has 0 bridgehead atoms. The summed E-state index contributed by atoms with van der Waals surface area (Å²) in [4.78, 5) is 0. The van der Waals surface area contributed by atoms with Gasteiger partial charge in [-0.1, -0.05) is 34.1 Å². The lowest BCUT2D eigenvalue weighted by atomic mass is 10.1. The highest BCUT2D eigenvalue weighted by atomic mass is 79.9. The average Bonchev–Trinajstić information content (AvgIpc) is 2.52. The summed E-state index contributed by atoms with van der Waals surface area (Å²) in [5.74, 6) is 1.64. The zero-order valence-corrected chi connectivity index (χ0v) is 14.1. The summed E-state index contributed by atoms with van der Waals surface area (Å²) < 4.78 is 12.3. The van der Waals surface area contributed by atoms with E-state index in [4.69, 9.17) is 9.47 Å². The van der Waals surface area contributed by atoms with Crippen molar-refractivity contribution in [2.75, 3.05) is 14.2 Å². The number of hydrogen-bond donors (Lipinski definition) is 1. The van der Waals surface area contributed by atoms with Gasteiger partial charge in [0.05, 0.1) is 7.11 Å². The van der Waals surface area contributed by atoms with Crippen molar-refractivity contribution in [1.82, 2.24) is 5.32 Å². The molecule has 0 radical (unpaired) electrons. The molecule has 0 aliphatic rings. The van der Waals surface area contributed by atoms with E-state index in [0.717, 1.165) is 27.1 Å². The van der Waals surface area contributed by atoms with Gasteiger partial charge in [-0.15, -0.1) is 0 Å². The summed E-state index contributed by atoms with van der Waals surface area (Å²) in [6.07, 6.45) is 0. The molecule has 4 heteroatoms. The first-order valence-electron chi connectivity index (χ1n) is 6.86. The number of halogens is 1. The SMILES string of the molecule is CNC(C)c1ccc(OC)cc1OCc1cccc(Br)c1. The highest BCUT2D eigenvalue weighted by Gasteiger charge is 2.11. The van der Waals surface area contributed by atoms with Crippen molar-refractivity contribution in [3.63, 3.8) is 0 Å². The zero-order chi connectivity index (χ0) is 15.2. The normalized spacial score (nSPS) is 12.0. The molecule has 2 rings (SSSR count). The van der Waals surface area contributed by atoms with Crippen LogP contribution in [0, 0.1) is 0 Å². The highest BCUT2D eigenvalue weighted by molar-refractivity contribution is 9.10. The second kappa shape index (κ2) is 7.48. The number of benzene rings is 2. The highest BCUT2D eigenvalue weighted by Crippen LogP contribution is 2.30. The van der Waals surface area contributed by atoms with Crippen molar-refractivity contribution in [3.05, 3.63) is 58.1 Å². The van der Waals surface area contributed by atoms with Crippen molar-refractivity contribution in [1.29, 1.82) is 0 Å². The first-order valence-corrected chi connectivity index (χ1v) is 7.65. The number of ether oxygens (including phenoxy) is 2. The first-order chi connectivity index (χ1) is 10.1. The second-order valence-electron chi connectivity index (χ2n) is 4.83. The van der Waals surface area contributed by atoms with Gasteiger partial charge in [-0.25, -0.2) is 0 Å². The Hall–Kier alpha value is -1.52. The van der Waals surface area contributed by atoms with E-state index in [1.807, 2.05) is 43.4 Å². The predicted octanol–water partition coefficient (Wildman–Crippen LogP) is 4.32. The molecule has 3 nitrogen and oxygen atoms in total. The molecule has 1 N–H and O–H groups in total. The molecule has 0 aromatic heterocycles. The van der Waals surface area contributed by atoms with Crippen molar-refractivity contribution >= 4 is 15.9 Å². The maximum atomic E-state index is 6.00. The van der Waals surface area contributed by atoms with Crippen LogP contribution < -0.4 is 14.8 Å². The summed E-state index contributed by atoms with van der Waals surface area (Å²) in [5, 5.41) is 3.24. The minimum atomic E-state index is 0.216. The fourth-order valence-electron chi connectivity index (χ4n) is 2.07. The van der Waals surface area contributed by atoms with Crippen LogP contribution >= 0.6 is 15.9 Å². The van der Waals surface area contributed by atoms with E-state index in [1.165, 1.54) is 0 Å². The molecule has 21 heavy (non-hydrogen) atoms. The van der Waals surface area contributed by atoms with Crippen LogP contribution in [0.25, 0.3) is 0 Å². The Balaban J connectivity index is 2.20. The fraction of sp³-hybridized carbons (Fsp3) is 0.294. The molecule has 2 aromatic rings. The maximum absolute atomic E-state index is 6.00. The monoisotopic (exact) mass is 349 g/mol. The molecule has 1 atom stereocenters. The third-order valence-electron chi connectivity index (χ3n) is 3.40. The van der Waals surface area contributed by atoms with Crippen molar-refractivity contribution < 1.29 is 9.47 Å². The summed E-state index contributed by atoms with van der Waals surface area (Å²) in [6, 6.07) is 14.3. The van der Waals surface area contributed by atoms with E-state index in [-0.39, 0.29) is 6.04 Å². The average molecular weight is 350 g/mol. The van der Waals surface area contributed by atoms with Gasteiger partial charge in [-0.05, 0) is 37.7 Å². The minimum absolute atomic E-state index is 0.216. The third kappa shape index (κ3) is 4.22. The number of methoxy groups -OCH3 is 1. The quantitative estimate of drug-likeness (QED) is 0.842. The smallest absolute Gasteiger partial charge is 0.128 e. The van der Waals surface area contributed by atoms with E-state index in [1.54, 1.807) is 7.11 Å². The molecule has 2 aromatic carbocycles. The van der Waals surface area contributed by atoms with Crippen LogP contribution in [0.3, 0.4) is 0 Å². The molecule has 0 amide bonds. The topological polar surface area (TPSA) is 30.5 Å². The van der Waals surface area contributed by atoms with Crippen LogP contribution in [0.1, 0.15) is 24.1 Å². The molecule has 0 aliphatic carbocycles. The Morgan fingerprint density at radius 1 is 1.19 bits per heavy atom. The standard InChI is InChI=1S/C17H20BrNO2/c1-12(19-2)16-8-7-15(20-3)10-17(16)21-11-13-5-4-6-14(18)9-13/h4-10,12,19H,11H2,1-3H3. The molecule has 0 saturated heterocycles. The van der Waals surface area contributed by atoms with Gasteiger partial charge >= 0.3 is 0 Å². The molecule has 112 valence electrons. The number of hydrogen-bond acceptors (Lipinski definition) is 3. The van der Waals surface area contributed by atoms with E-state index in [2.05, 4.69) is 34.2 Å². The summed E-state index contributed by atoms with van der Waals surface area (Å²) in [5.41, 5.74) is 2.24. The van der Waals surface area contributed by atoms with E-state index >= 15 is 0 Å². The lowest BCUT2D eigenvalue weighted by molar-refractivity contribution is 0.297. The van der Waals surface area contributed by atoms with E-state index in [9.17, 15) is 0 Å². The van der Waals surface area contributed by atoms with Crippen LogP contribution in [0.4, 0.5) is 0 Å². The van der Waals surface area contributed by atoms with Gasteiger partial charge in [0.15, 0.2) is 0 Å². The van der Waals surface area contributed by atoms with E-state index < -0.39 is 0 Å². The van der Waals surface area contributed by atoms with E-state index in [0.29, 0.717) is 6.61 Å². The molecule has 0 aliphatic heterocycles. The fourth-order valence-corrected chi connectivity index (χ4v) is 2.51. The molecule has 0 fully saturated rings. The van der Waals surface area contributed by atoms with Crippen LogP contribution in [-0.2, 0) is 6.61 Å². The first kappa shape index (κ1) is 15.9. The zero-order valence-electron chi connectivity index (χ0n) is 12.5. The lowest BCUT2D eigenvalue weighted by Gasteiger charge is -2.17. The second-order valence-corrected chi connectivity index (χ2v) is 5.75. The Labute approximate surface area is 134 Å². The Bertz CT molecular complexity index is 601. The van der Waals surface area contributed by atoms with Crippen LogP contribution in [0.2, 0.25) is 0 Å². The van der Waals surface area contributed by atoms with Gasteiger partial charge in [0.25, 0.3) is 0 Å². The van der Waals surface area contributed by atoms with Crippen molar-refractivity contribution in [2.24, 2.45) is 0 Å². The minimum Gasteiger partial charge on any atom is -0.497 e. The van der Waals surface area contributed by atoms with Gasteiger partial charge in [0, 0.05) is 22.1 Å². The number of rotatable bonds is 6.